The summed E-state index contributed by atoms with van der Waals surface area (Å²) in [7, 11) is 0. The van der Waals surface area contributed by atoms with Gasteiger partial charge in [0.2, 0.25) is 5.89 Å². The first-order valence-corrected chi connectivity index (χ1v) is 5.62. The number of rotatable bonds is 4. The summed E-state index contributed by atoms with van der Waals surface area (Å²) >= 11 is 0. The van der Waals surface area contributed by atoms with Crippen LogP contribution in [0.25, 0.3) is 11.3 Å². The average Bonchev–Trinajstić information content (AvgIpc) is 2.73. The molecule has 1 aromatic heterocycles. The lowest BCUT2D eigenvalue weighted by Crippen LogP contribution is -2.11. The van der Waals surface area contributed by atoms with Gasteiger partial charge >= 0.3 is 0 Å². The van der Waals surface area contributed by atoms with Crippen LogP contribution in [0.4, 0.5) is 4.39 Å². The third-order valence-electron chi connectivity index (χ3n) is 2.41. The smallest absolute Gasteiger partial charge is 0.208 e. The van der Waals surface area contributed by atoms with Gasteiger partial charge in [0.1, 0.15) is 5.82 Å². The molecule has 0 aliphatic carbocycles. The minimum atomic E-state index is -0.260. The van der Waals surface area contributed by atoms with Gasteiger partial charge in [0.15, 0.2) is 5.76 Å². The number of benzene rings is 1. The fourth-order valence-electron chi connectivity index (χ4n) is 1.64. The molecule has 0 atom stereocenters. The molecule has 17 heavy (non-hydrogen) atoms. The minimum Gasteiger partial charge on any atom is -0.439 e. The predicted molar refractivity (Wildman–Crippen MR) is 64.0 cm³/mol. The molecule has 0 aliphatic heterocycles. The molecule has 0 spiro atoms. The zero-order valence-electron chi connectivity index (χ0n) is 9.96. The van der Waals surface area contributed by atoms with Crippen molar-refractivity contribution in [2.24, 2.45) is 0 Å². The molecule has 1 N–H and O–H groups in total. The molecule has 4 heteroatoms. The number of halogens is 1. The fourth-order valence-corrected chi connectivity index (χ4v) is 1.64. The lowest BCUT2D eigenvalue weighted by atomic mass is 10.1. The first-order chi connectivity index (χ1) is 8.19. The van der Waals surface area contributed by atoms with Gasteiger partial charge in [-0.15, -0.1) is 0 Å². The second-order valence-electron chi connectivity index (χ2n) is 3.92. The molecule has 0 bridgehead atoms. The first-order valence-electron chi connectivity index (χ1n) is 5.62. The molecule has 0 amide bonds. The number of nitrogens with one attached hydrogen (secondary N) is 1. The summed E-state index contributed by atoms with van der Waals surface area (Å²) in [4.78, 5) is 4.14. The summed E-state index contributed by atoms with van der Waals surface area (Å²) in [5.74, 6) is 0.953. The highest BCUT2D eigenvalue weighted by Gasteiger charge is 2.07. The molecule has 0 fully saturated rings. The maximum absolute atomic E-state index is 13.2. The van der Waals surface area contributed by atoms with Crippen molar-refractivity contribution in [1.29, 1.82) is 0 Å². The van der Waals surface area contributed by atoms with Crippen LogP contribution in [0.3, 0.4) is 0 Å². The van der Waals surface area contributed by atoms with Crippen LogP contribution in [-0.2, 0) is 6.54 Å². The van der Waals surface area contributed by atoms with Gasteiger partial charge in [-0.2, -0.15) is 0 Å². The number of hydrogen-bond donors (Lipinski definition) is 1. The van der Waals surface area contributed by atoms with E-state index in [4.69, 9.17) is 4.42 Å². The molecule has 1 aromatic carbocycles. The van der Waals surface area contributed by atoms with Crippen molar-refractivity contribution in [3.05, 3.63) is 41.7 Å². The van der Waals surface area contributed by atoms with Crippen LogP contribution in [0, 0.1) is 12.7 Å². The molecule has 0 saturated carbocycles. The number of aryl methyl sites for hydroxylation is 1. The average molecular weight is 234 g/mol. The largest absolute Gasteiger partial charge is 0.439 e. The third kappa shape index (κ3) is 2.91. The van der Waals surface area contributed by atoms with Gasteiger partial charge in [-0.1, -0.05) is 6.92 Å². The number of aromatic nitrogens is 1. The summed E-state index contributed by atoms with van der Waals surface area (Å²) in [5.41, 5.74) is 1.59. The van der Waals surface area contributed by atoms with Crippen molar-refractivity contribution < 1.29 is 8.81 Å². The second-order valence-corrected chi connectivity index (χ2v) is 3.92. The Kier molecular flexibility index (Phi) is 3.54. The van der Waals surface area contributed by atoms with Crippen LogP contribution in [0.1, 0.15) is 18.4 Å². The number of oxazole rings is 1. The zero-order chi connectivity index (χ0) is 12.3. The molecule has 90 valence electrons. The van der Waals surface area contributed by atoms with Crippen LogP contribution in [0.5, 0.6) is 0 Å². The standard InChI is InChI=1S/C13H15FN2O/c1-3-15-8-13-16-7-12(17-13)10-4-9(2)5-11(14)6-10/h4-7,15H,3,8H2,1-2H3. The molecular weight excluding hydrogens is 219 g/mol. The summed E-state index contributed by atoms with van der Waals surface area (Å²) in [6, 6.07) is 4.81. The van der Waals surface area contributed by atoms with E-state index in [9.17, 15) is 4.39 Å². The van der Waals surface area contributed by atoms with Crippen molar-refractivity contribution in [1.82, 2.24) is 10.3 Å². The number of nitrogens with zero attached hydrogens (tertiary/aromatic N) is 1. The van der Waals surface area contributed by atoms with Crippen LogP contribution in [0.2, 0.25) is 0 Å². The second kappa shape index (κ2) is 5.10. The molecule has 2 rings (SSSR count). The van der Waals surface area contributed by atoms with Crippen LogP contribution in [0.15, 0.2) is 28.8 Å². The van der Waals surface area contributed by atoms with E-state index >= 15 is 0 Å². The van der Waals surface area contributed by atoms with Crippen molar-refractivity contribution in [2.75, 3.05) is 6.54 Å². The Morgan fingerprint density at radius 2 is 2.18 bits per heavy atom. The molecule has 3 nitrogen and oxygen atoms in total. The Balaban J connectivity index is 2.24. The van der Waals surface area contributed by atoms with Crippen molar-refractivity contribution in [3.63, 3.8) is 0 Å². The van der Waals surface area contributed by atoms with E-state index in [1.165, 1.54) is 12.1 Å². The first kappa shape index (κ1) is 11.8. The Hall–Kier alpha value is -1.68. The van der Waals surface area contributed by atoms with Gasteiger partial charge in [0.25, 0.3) is 0 Å². The van der Waals surface area contributed by atoms with Gasteiger partial charge in [-0.25, -0.2) is 9.37 Å². The van der Waals surface area contributed by atoms with Crippen LogP contribution in [-0.4, -0.2) is 11.5 Å². The number of hydrogen-bond acceptors (Lipinski definition) is 3. The lowest BCUT2D eigenvalue weighted by molar-refractivity contribution is 0.482. The van der Waals surface area contributed by atoms with Gasteiger partial charge in [-0.3, -0.25) is 0 Å². The van der Waals surface area contributed by atoms with Gasteiger partial charge in [-0.05, 0) is 37.2 Å². The molecule has 2 aromatic rings. The SMILES string of the molecule is CCNCc1ncc(-c2cc(C)cc(F)c2)o1. The van der Waals surface area contributed by atoms with Crippen molar-refractivity contribution in [2.45, 2.75) is 20.4 Å². The maximum atomic E-state index is 13.2. The van der Waals surface area contributed by atoms with Crippen molar-refractivity contribution >= 4 is 0 Å². The molecule has 0 radical (unpaired) electrons. The zero-order valence-corrected chi connectivity index (χ0v) is 9.96. The summed E-state index contributed by atoms with van der Waals surface area (Å²) in [6.45, 7) is 5.31. The topological polar surface area (TPSA) is 38.1 Å². The highest BCUT2D eigenvalue weighted by atomic mass is 19.1. The monoisotopic (exact) mass is 234 g/mol. The van der Waals surface area contributed by atoms with E-state index in [2.05, 4.69) is 10.3 Å². The van der Waals surface area contributed by atoms with E-state index in [-0.39, 0.29) is 5.82 Å². The fraction of sp³-hybridized carbons (Fsp3) is 0.308. The summed E-state index contributed by atoms with van der Waals surface area (Å²) < 4.78 is 18.8. The maximum Gasteiger partial charge on any atom is 0.208 e. The Morgan fingerprint density at radius 3 is 2.88 bits per heavy atom. The van der Waals surface area contributed by atoms with Gasteiger partial charge in [0.05, 0.1) is 12.7 Å². The van der Waals surface area contributed by atoms with E-state index in [0.29, 0.717) is 18.2 Å². The van der Waals surface area contributed by atoms with E-state index in [0.717, 1.165) is 17.7 Å². The Morgan fingerprint density at radius 1 is 1.35 bits per heavy atom. The predicted octanol–water partition coefficient (Wildman–Crippen LogP) is 2.90. The Bertz CT molecular complexity index is 488. The molecular formula is C13H15FN2O. The van der Waals surface area contributed by atoms with E-state index in [1.54, 1.807) is 6.20 Å². The quantitative estimate of drug-likeness (QED) is 0.884. The highest BCUT2D eigenvalue weighted by molar-refractivity contribution is 5.57. The highest BCUT2D eigenvalue weighted by Crippen LogP contribution is 2.22. The van der Waals surface area contributed by atoms with Gasteiger partial charge in [0, 0.05) is 5.56 Å². The molecule has 0 aliphatic rings. The van der Waals surface area contributed by atoms with E-state index in [1.807, 2.05) is 19.9 Å². The summed E-state index contributed by atoms with van der Waals surface area (Å²) in [5, 5.41) is 3.12. The molecule has 0 saturated heterocycles. The van der Waals surface area contributed by atoms with Crippen molar-refractivity contribution in [3.8, 4) is 11.3 Å². The molecule has 1 heterocycles. The molecule has 0 unspecified atom stereocenters. The van der Waals surface area contributed by atoms with Crippen LogP contribution < -0.4 is 5.32 Å². The normalized spacial score (nSPS) is 10.8. The minimum absolute atomic E-state index is 0.260. The van der Waals surface area contributed by atoms with Gasteiger partial charge < -0.3 is 9.73 Å². The Labute approximate surface area is 99.7 Å². The lowest BCUT2D eigenvalue weighted by Gasteiger charge is -1.99. The van der Waals surface area contributed by atoms with E-state index < -0.39 is 0 Å². The summed E-state index contributed by atoms with van der Waals surface area (Å²) in [6.07, 6.45) is 1.63. The van der Waals surface area contributed by atoms with Crippen LogP contribution >= 0.6 is 0 Å². The third-order valence-corrected chi connectivity index (χ3v) is 2.41.